The summed E-state index contributed by atoms with van der Waals surface area (Å²) in [7, 11) is 0. The maximum Gasteiger partial charge on any atom is -0.0161 e. The first-order valence-electron chi connectivity index (χ1n) is 4.96. The van der Waals surface area contributed by atoms with Gasteiger partial charge in [-0.3, -0.25) is 0 Å². The molecule has 0 aromatic carbocycles. The first-order chi connectivity index (χ1) is 5.85. The lowest BCUT2D eigenvalue weighted by Crippen LogP contribution is -1.97. The van der Waals surface area contributed by atoms with E-state index in [2.05, 4.69) is 25.8 Å². The summed E-state index contributed by atoms with van der Waals surface area (Å²) >= 11 is 0. The molecule has 12 heavy (non-hydrogen) atoms. The van der Waals surface area contributed by atoms with Crippen LogP contribution in [0.2, 0.25) is 0 Å². The molecule has 0 amide bonds. The fraction of sp³-hybridized carbons (Fsp3) is 0.667. The van der Waals surface area contributed by atoms with Crippen molar-refractivity contribution in [2.75, 3.05) is 0 Å². The van der Waals surface area contributed by atoms with Gasteiger partial charge in [-0.2, -0.15) is 0 Å². The summed E-state index contributed by atoms with van der Waals surface area (Å²) in [5.74, 6) is 3.38. The van der Waals surface area contributed by atoms with Crippen LogP contribution in [0, 0.1) is 18.3 Å². The number of rotatable bonds is 6. The van der Waals surface area contributed by atoms with E-state index in [0.717, 1.165) is 12.3 Å². The van der Waals surface area contributed by atoms with Crippen LogP contribution in [0.25, 0.3) is 0 Å². The highest BCUT2D eigenvalue weighted by molar-refractivity contribution is 5.08. The van der Waals surface area contributed by atoms with Gasteiger partial charge in [0.1, 0.15) is 0 Å². The number of terminal acetylenes is 1. The highest BCUT2D eigenvalue weighted by Crippen LogP contribution is 2.17. The van der Waals surface area contributed by atoms with E-state index >= 15 is 0 Å². The summed E-state index contributed by atoms with van der Waals surface area (Å²) in [5.41, 5.74) is 0. The van der Waals surface area contributed by atoms with Crippen molar-refractivity contribution in [2.24, 2.45) is 5.92 Å². The molecule has 0 rings (SSSR count). The summed E-state index contributed by atoms with van der Waals surface area (Å²) < 4.78 is 0. The Kier molecular flexibility index (Phi) is 7.91. The molecule has 0 aromatic rings. The van der Waals surface area contributed by atoms with Gasteiger partial charge in [0.25, 0.3) is 0 Å². The summed E-state index contributed by atoms with van der Waals surface area (Å²) in [6.45, 7) is 4.49. The van der Waals surface area contributed by atoms with Crippen molar-refractivity contribution >= 4 is 0 Å². The SMILES string of the molecule is C#C/C=C/CC(CCC)CCC. The second-order valence-electron chi connectivity index (χ2n) is 3.25. The van der Waals surface area contributed by atoms with Crippen LogP contribution in [0.5, 0.6) is 0 Å². The molecule has 0 nitrogen and oxygen atoms in total. The first kappa shape index (κ1) is 11.3. The summed E-state index contributed by atoms with van der Waals surface area (Å²) in [6, 6.07) is 0. The van der Waals surface area contributed by atoms with Crippen molar-refractivity contribution in [2.45, 2.75) is 46.0 Å². The van der Waals surface area contributed by atoms with Gasteiger partial charge in [-0.15, -0.1) is 6.42 Å². The van der Waals surface area contributed by atoms with Crippen LogP contribution < -0.4 is 0 Å². The number of allylic oxidation sites excluding steroid dienone is 2. The van der Waals surface area contributed by atoms with Crippen LogP contribution in [0.1, 0.15) is 46.0 Å². The van der Waals surface area contributed by atoms with E-state index in [1.807, 2.05) is 6.08 Å². The zero-order chi connectivity index (χ0) is 9.23. The van der Waals surface area contributed by atoms with Crippen molar-refractivity contribution in [1.29, 1.82) is 0 Å². The molecule has 0 spiro atoms. The predicted octanol–water partition coefficient (Wildman–Crippen LogP) is 3.78. The minimum absolute atomic E-state index is 0.851. The van der Waals surface area contributed by atoms with Crippen LogP contribution in [-0.2, 0) is 0 Å². The van der Waals surface area contributed by atoms with E-state index in [1.54, 1.807) is 0 Å². The minimum atomic E-state index is 0.851. The fourth-order valence-corrected chi connectivity index (χ4v) is 1.53. The Bertz CT molecular complexity index is 142. The molecule has 0 radical (unpaired) electrons. The molecular weight excluding hydrogens is 144 g/mol. The Balaban J connectivity index is 3.63. The van der Waals surface area contributed by atoms with Crippen LogP contribution in [0.4, 0.5) is 0 Å². The lowest BCUT2D eigenvalue weighted by molar-refractivity contribution is 0.445. The van der Waals surface area contributed by atoms with Gasteiger partial charge in [-0.1, -0.05) is 51.5 Å². The monoisotopic (exact) mass is 164 g/mol. The highest BCUT2D eigenvalue weighted by atomic mass is 14.1. The Labute approximate surface area is 77.1 Å². The van der Waals surface area contributed by atoms with Crippen LogP contribution in [0.15, 0.2) is 12.2 Å². The van der Waals surface area contributed by atoms with Crippen molar-refractivity contribution in [3.05, 3.63) is 12.2 Å². The third-order valence-corrected chi connectivity index (χ3v) is 2.08. The molecule has 0 unspecified atom stereocenters. The maximum absolute atomic E-state index is 5.13. The van der Waals surface area contributed by atoms with E-state index < -0.39 is 0 Å². The van der Waals surface area contributed by atoms with Gasteiger partial charge in [-0.25, -0.2) is 0 Å². The topological polar surface area (TPSA) is 0 Å². The average Bonchev–Trinajstić information content (AvgIpc) is 2.06. The molecule has 0 bridgehead atoms. The fourth-order valence-electron chi connectivity index (χ4n) is 1.53. The predicted molar refractivity (Wildman–Crippen MR) is 55.9 cm³/mol. The largest absolute Gasteiger partial charge is 0.115 e. The molecule has 0 heteroatoms. The quantitative estimate of drug-likeness (QED) is 0.524. The van der Waals surface area contributed by atoms with Crippen molar-refractivity contribution in [1.82, 2.24) is 0 Å². The maximum atomic E-state index is 5.13. The number of hydrogen-bond donors (Lipinski definition) is 0. The van der Waals surface area contributed by atoms with Gasteiger partial charge in [0.2, 0.25) is 0 Å². The summed E-state index contributed by atoms with van der Waals surface area (Å²) in [4.78, 5) is 0. The Morgan fingerprint density at radius 2 is 1.83 bits per heavy atom. The van der Waals surface area contributed by atoms with E-state index in [1.165, 1.54) is 25.7 Å². The van der Waals surface area contributed by atoms with Gasteiger partial charge < -0.3 is 0 Å². The van der Waals surface area contributed by atoms with Gasteiger partial charge in [0, 0.05) is 0 Å². The Morgan fingerprint density at radius 3 is 2.25 bits per heavy atom. The second kappa shape index (κ2) is 8.40. The van der Waals surface area contributed by atoms with Crippen LogP contribution >= 0.6 is 0 Å². The van der Waals surface area contributed by atoms with E-state index in [4.69, 9.17) is 6.42 Å². The van der Waals surface area contributed by atoms with Crippen molar-refractivity contribution in [3.8, 4) is 12.3 Å². The first-order valence-corrected chi connectivity index (χ1v) is 4.96. The third kappa shape index (κ3) is 6.04. The van der Waals surface area contributed by atoms with Crippen molar-refractivity contribution in [3.63, 3.8) is 0 Å². The number of hydrogen-bond acceptors (Lipinski definition) is 0. The lowest BCUT2D eigenvalue weighted by Gasteiger charge is -2.11. The second-order valence-corrected chi connectivity index (χ2v) is 3.25. The third-order valence-electron chi connectivity index (χ3n) is 2.08. The van der Waals surface area contributed by atoms with E-state index in [9.17, 15) is 0 Å². The van der Waals surface area contributed by atoms with Crippen molar-refractivity contribution < 1.29 is 0 Å². The van der Waals surface area contributed by atoms with E-state index in [0.29, 0.717) is 0 Å². The molecule has 0 N–H and O–H groups in total. The molecule has 0 aliphatic carbocycles. The molecule has 0 atom stereocenters. The Hall–Kier alpha value is -0.700. The smallest absolute Gasteiger partial charge is 0.0161 e. The molecule has 0 saturated heterocycles. The zero-order valence-electron chi connectivity index (χ0n) is 8.34. The van der Waals surface area contributed by atoms with Gasteiger partial charge in [0.15, 0.2) is 0 Å². The molecular formula is C12H20. The van der Waals surface area contributed by atoms with Crippen LogP contribution in [0.3, 0.4) is 0 Å². The molecule has 0 fully saturated rings. The summed E-state index contributed by atoms with van der Waals surface area (Å²) in [6.07, 6.45) is 15.5. The van der Waals surface area contributed by atoms with Gasteiger partial charge in [0.05, 0.1) is 0 Å². The molecule has 68 valence electrons. The minimum Gasteiger partial charge on any atom is -0.115 e. The standard InChI is InChI=1S/C12H20/c1-4-7-8-11-12(9-5-2)10-6-3/h1,7-8,12H,5-6,9-11H2,2-3H3/b8-7+. The molecule has 0 aliphatic rings. The molecule has 0 heterocycles. The summed E-state index contributed by atoms with van der Waals surface area (Å²) in [5, 5.41) is 0. The normalized spacial score (nSPS) is 10.8. The highest BCUT2D eigenvalue weighted by Gasteiger charge is 2.03. The molecule has 0 saturated carbocycles. The van der Waals surface area contributed by atoms with Gasteiger partial charge in [-0.05, 0) is 18.4 Å². The molecule has 0 aliphatic heterocycles. The zero-order valence-corrected chi connectivity index (χ0v) is 8.34. The lowest BCUT2D eigenvalue weighted by atomic mass is 9.95. The average molecular weight is 164 g/mol. The Morgan fingerprint density at radius 1 is 1.25 bits per heavy atom. The van der Waals surface area contributed by atoms with Gasteiger partial charge >= 0.3 is 0 Å². The van der Waals surface area contributed by atoms with E-state index in [-0.39, 0.29) is 0 Å². The van der Waals surface area contributed by atoms with Crippen LogP contribution in [-0.4, -0.2) is 0 Å². The molecule has 0 aromatic heterocycles.